The summed E-state index contributed by atoms with van der Waals surface area (Å²) in [6, 6.07) is 7.38. The normalized spacial score (nSPS) is 17.0. The Balaban J connectivity index is 0.00000243. The number of hydrogen-bond acceptors (Lipinski definition) is 4. The zero-order valence-electron chi connectivity index (χ0n) is 14.0. The number of aromatic nitrogens is 2. The van der Waals surface area contributed by atoms with Gasteiger partial charge in [-0.25, -0.2) is 4.68 Å². The molecule has 0 saturated carbocycles. The summed E-state index contributed by atoms with van der Waals surface area (Å²) in [7, 11) is 1.52. The van der Waals surface area contributed by atoms with Crippen molar-refractivity contribution in [3.63, 3.8) is 0 Å². The van der Waals surface area contributed by atoms with Gasteiger partial charge in [0.15, 0.2) is 0 Å². The summed E-state index contributed by atoms with van der Waals surface area (Å²) in [4.78, 5) is 12.2. The number of ether oxygens (including phenoxy) is 1. The van der Waals surface area contributed by atoms with E-state index in [2.05, 4.69) is 10.4 Å². The number of alkyl halides is 3. The molecule has 1 N–H and O–H groups in total. The first-order valence-electron chi connectivity index (χ1n) is 7.94. The lowest BCUT2D eigenvalue weighted by atomic mass is 10.1. The van der Waals surface area contributed by atoms with Gasteiger partial charge in [-0.1, -0.05) is 12.1 Å². The molecule has 9 heteroatoms. The molecule has 0 radical (unpaired) electrons. The van der Waals surface area contributed by atoms with Crippen LogP contribution in [0.1, 0.15) is 35.7 Å². The van der Waals surface area contributed by atoms with Gasteiger partial charge in [0.05, 0.1) is 25.4 Å². The molecule has 2 aromatic rings. The van der Waals surface area contributed by atoms with Crippen molar-refractivity contribution >= 4 is 12.4 Å². The molecule has 1 fully saturated rings. The molecule has 1 aromatic carbocycles. The van der Waals surface area contributed by atoms with E-state index in [0.29, 0.717) is 17.7 Å². The van der Waals surface area contributed by atoms with E-state index in [1.807, 2.05) is 0 Å². The summed E-state index contributed by atoms with van der Waals surface area (Å²) < 4.78 is 45.7. The molecular weight excluding hydrogens is 371 g/mol. The second-order valence-electron chi connectivity index (χ2n) is 5.94. The van der Waals surface area contributed by atoms with Crippen LogP contribution in [0.2, 0.25) is 0 Å². The fourth-order valence-corrected chi connectivity index (χ4v) is 2.88. The number of hydrogen-bond donors (Lipinski definition) is 1. The Morgan fingerprint density at radius 2 is 2.00 bits per heavy atom. The Labute approximate surface area is 154 Å². The van der Waals surface area contributed by atoms with Crippen LogP contribution in [0.25, 0.3) is 0 Å². The Hall–Kier alpha value is -2.06. The molecule has 142 valence electrons. The second-order valence-corrected chi connectivity index (χ2v) is 5.94. The number of nitrogens with zero attached hydrogens (tertiary/aromatic N) is 2. The maximum atomic E-state index is 13.3. The molecule has 1 atom stereocenters. The molecular formula is C17H19ClF3N3O2. The van der Waals surface area contributed by atoms with E-state index in [0.717, 1.165) is 23.7 Å². The minimum absolute atomic E-state index is 0. The molecule has 0 bridgehead atoms. The van der Waals surface area contributed by atoms with Crippen molar-refractivity contribution < 1.29 is 17.9 Å². The summed E-state index contributed by atoms with van der Waals surface area (Å²) in [5.74, 6) is 0.629. The predicted octanol–water partition coefficient (Wildman–Crippen LogP) is 3.17. The molecule has 0 amide bonds. The minimum Gasteiger partial charge on any atom is -0.497 e. The highest BCUT2D eigenvalue weighted by Gasteiger charge is 2.36. The van der Waals surface area contributed by atoms with E-state index in [9.17, 15) is 18.0 Å². The first-order chi connectivity index (χ1) is 11.9. The molecule has 1 saturated heterocycles. The Bertz CT molecular complexity index is 800. The molecule has 0 aliphatic carbocycles. The van der Waals surface area contributed by atoms with Gasteiger partial charge in [-0.15, -0.1) is 12.4 Å². The van der Waals surface area contributed by atoms with Crippen LogP contribution in [0.4, 0.5) is 13.2 Å². The van der Waals surface area contributed by atoms with Gasteiger partial charge < -0.3 is 10.1 Å². The standard InChI is InChI=1S/C17H18F3N3O2.ClH/c1-25-12-6-4-11(5-7-12)10-23-16(24)13(17(18,19)20)9-15(22-23)14-3-2-8-21-14;/h4-7,9,14,21H,2-3,8,10H2,1H3;1H. The fraction of sp³-hybridized carbons (Fsp3) is 0.412. The van der Waals surface area contributed by atoms with Gasteiger partial charge in [0, 0.05) is 0 Å². The number of rotatable bonds is 4. The fourth-order valence-electron chi connectivity index (χ4n) is 2.88. The van der Waals surface area contributed by atoms with Crippen LogP contribution in [0.5, 0.6) is 5.75 Å². The number of methoxy groups -OCH3 is 1. The van der Waals surface area contributed by atoms with Crippen molar-refractivity contribution in [3.05, 3.63) is 57.5 Å². The molecule has 1 aliphatic rings. The molecule has 1 aliphatic heterocycles. The van der Waals surface area contributed by atoms with Gasteiger partial charge >= 0.3 is 6.18 Å². The van der Waals surface area contributed by atoms with Crippen LogP contribution in [0.15, 0.2) is 35.1 Å². The van der Waals surface area contributed by atoms with E-state index in [1.165, 1.54) is 7.11 Å². The van der Waals surface area contributed by atoms with Crippen LogP contribution in [-0.4, -0.2) is 23.4 Å². The van der Waals surface area contributed by atoms with Gasteiger partial charge in [-0.05, 0) is 43.1 Å². The van der Waals surface area contributed by atoms with Crippen molar-refractivity contribution in [2.45, 2.75) is 31.6 Å². The maximum Gasteiger partial charge on any atom is 0.421 e. The third-order valence-corrected chi connectivity index (χ3v) is 4.21. The first-order valence-corrected chi connectivity index (χ1v) is 7.94. The molecule has 1 aromatic heterocycles. The van der Waals surface area contributed by atoms with Crippen LogP contribution >= 0.6 is 12.4 Å². The smallest absolute Gasteiger partial charge is 0.421 e. The van der Waals surface area contributed by atoms with Gasteiger partial charge in [-0.2, -0.15) is 18.3 Å². The Kier molecular flexibility index (Phi) is 6.30. The SMILES string of the molecule is COc1ccc(Cn2nc(C3CCCN3)cc(C(F)(F)F)c2=O)cc1.Cl. The first kappa shape index (κ1) is 20.3. The molecule has 3 rings (SSSR count). The predicted molar refractivity (Wildman–Crippen MR) is 92.8 cm³/mol. The van der Waals surface area contributed by atoms with E-state index in [4.69, 9.17) is 4.74 Å². The van der Waals surface area contributed by atoms with E-state index >= 15 is 0 Å². The third kappa shape index (κ3) is 4.37. The zero-order chi connectivity index (χ0) is 18.0. The van der Waals surface area contributed by atoms with Gasteiger partial charge in [-0.3, -0.25) is 4.79 Å². The molecule has 1 unspecified atom stereocenters. The zero-order valence-corrected chi connectivity index (χ0v) is 14.9. The van der Waals surface area contributed by atoms with Gasteiger partial charge in [0.25, 0.3) is 5.56 Å². The van der Waals surface area contributed by atoms with Crippen LogP contribution in [0, 0.1) is 0 Å². The van der Waals surface area contributed by atoms with Crippen molar-refractivity contribution in [2.75, 3.05) is 13.7 Å². The number of benzene rings is 1. The Morgan fingerprint density at radius 3 is 2.54 bits per heavy atom. The van der Waals surface area contributed by atoms with Crippen molar-refractivity contribution in [1.29, 1.82) is 0 Å². The highest BCUT2D eigenvalue weighted by molar-refractivity contribution is 5.85. The number of nitrogens with one attached hydrogen (secondary N) is 1. The van der Waals surface area contributed by atoms with Crippen LogP contribution in [0.3, 0.4) is 0 Å². The summed E-state index contributed by atoms with van der Waals surface area (Å²) >= 11 is 0. The highest BCUT2D eigenvalue weighted by Crippen LogP contribution is 2.29. The summed E-state index contributed by atoms with van der Waals surface area (Å²) in [6.07, 6.45) is -3.15. The van der Waals surface area contributed by atoms with Gasteiger partial charge in [0.1, 0.15) is 11.3 Å². The molecule has 26 heavy (non-hydrogen) atoms. The van der Waals surface area contributed by atoms with Crippen molar-refractivity contribution in [3.8, 4) is 5.75 Å². The molecule has 2 heterocycles. The molecule has 5 nitrogen and oxygen atoms in total. The van der Waals surface area contributed by atoms with E-state index in [-0.39, 0.29) is 30.7 Å². The second kappa shape index (κ2) is 8.09. The lowest BCUT2D eigenvalue weighted by Crippen LogP contribution is -2.33. The maximum absolute atomic E-state index is 13.3. The number of halogens is 4. The van der Waals surface area contributed by atoms with Gasteiger partial charge in [0.2, 0.25) is 0 Å². The topological polar surface area (TPSA) is 56.1 Å². The van der Waals surface area contributed by atoms with E-state index < -0.39 is 17.3 Å². The lowest BCUT2D eigenvalue weighted by Gasteiger charge is -2.16. The van der Waals surface area contributed by atoms with Crippen LogP contribution in [-0.2, 0) is 12.7 Å². The van der Waals surface area contributed by atoms with Crippen LogP contribution < -0.4 is 15.6 Å². The quantitative estimate of drug-likeness (QED) is 0.872. The van der Waals surface area contributed by atoms with Crippen molar-refractivity contribution in [1.82, 2.24) is 15.1 Å². The molecule has 0 spiro atoms. The average Bonchev–Trinajstić information content (AvgIpc) is 3.11. The average molecular weight is 390 g/mol. The van der Waals surface area contributed by atoms with Crippen molar-refractivity contribution in [2.24, 2.45) is 0 Å². The monoisotopic (exact) mass is 389 g/mol. The summed E-state index contributed by atoms with van der Waals surface area (Å²) in [6.45, 7) is 0.692. The minimum atomic E-state index is -4.71. The lowest BCUT2D eigenvalue weighted by molar-refractivity contribution is -0.139. The third-order valence-electron chi connectivity index (χ3n) is 4.21. The summed E-state index contributed by atoms with van der Waals surface area (Å²) in [5, 5.41) is 7.29. The Morgan fingerprint density at radius 1 is 1.31 bits per heavy atom. The largest absolute Gasteiger partial charge is 0.497 e. The summed E-state index contributed by atoms with van der Waals surface area (Å²) in [5.41, 5.74) is -1.40. The van der Waals surface area contributed by atoms with E-state index in [1.54, 1.807) is 24.3 Å². The highest BCUT2D eigenvalue weighted by atomic mass is 35.5.